The summed E-state index contributed by atoms with van der Waals surface area (Å²) in [5.41, 5.74) is 0.232. The molecule has 1 aromatic heterocycles. The Labute approximate surface area is 193 Å². The second kappa shape index (κ2) is 10.1. The standard InChI is InChI=1S/C24H42N6O2/c1-18(2)25-22(31)21-26-27-23(29-11-8-24(16-29)7-5-12-32-17-24)30(21)10-6-9-28-14-19(3)13-20(4)15-28/h18-20H,5-17H2,1-4H3,(H,25,31). The monoisotopic (exact) mass is 446 g/mol. The van der Waals surface area contributed by atoms with E-state index in [2.05, 4.69) is 43.7 Å². The predicted molar refractivity (Wildman–Crippen MR) is 126 cm³/mol. The summed E-state index contributed by atoms with van der Waals surface area (Å²) in [4.78, 5) is 17.8. The summed E-state index contributed by atoms with van der Waals surface area (Å²) in [5, 5.41) is 11.9. The van der Waals surface area contributed by atoms with Crippen LogP contribution in [0.25, 0.3) is 0 Å². The van der Waals surface area contributed by atoms with E-state index < -0.39 is 0 Å². The molecule has 0 radical (unpaired) electrons. The topological polar surface area (TPSA) is 75.5 Å². The van der Waals surface area contributed by atoms with Gasteiger partial charge in [0.1, 0.15) is 0 Å². The highest BCUT2D eigenvalue weighted by atomic mass is 16.5. The van der Waals surface area contributed by atoms with Crippen LogP contribution in [-0.2, 0) is 11.3 Å². The Morgan fingerprint density at radius 2 is 1.97 bits per heavy atom. The van der Waals surface area contributed by atoms with Crippen molar-refractivity contribution in [3.05, 3.63) is 5.82 Å². The van der Waals surface area contributed by atoms with Crippen LogP contribution in [0.3, 0.4) is 0 Å². The Kier molecular flexibility index (Phi) is 7.40. The first-order valence-electron chi connectivity index (χ1n) is 12.6. The van der Waals surface area contributed by atoms with Crippen molar-refractivity contribution in [3.8, 4) is 0 Å². The lowest BCUT2D eigenvalue weighted by Gasteiger charge is -2.35. The van der Waals surface area contributed by atoms with Crippen LogP contribution in [0.4, 0.5) is 5.95 Å². The lowest BCUT2D eigenvalue weighted by atomic mass is 9.82. The smallest absolute Gasteiger partial charge is 0.289 e. The van der Waals surface area contributed by atoms with E-state index in [0.29, 0.717) is 5.82 Å². The molecule has 4 heterocycles. The fourth-order valence-electron chi connectivity index (χ4n) is 5.99. The molecule has 0 saturated carbocycles. The highest BCUT2D eigenvalue weighted by molar-refractivity contribution is 5.91. The van der Waals surface area contributed by atoms with Gasteiger partial charge in [-0.3, -0.25) is 9.36 Å². The number of anilines is 1. The van der Waals surface area contributed by atoms with Crippen LogP contribution in [0.1, 0.15) is 70.4 Å². The Balaban J connectivity index is 1.47. The summed E-state index contributed by atoms with van der Waals surface area (Å²) < 4.78 is 7.89. The number of carbonyl (C=O) groups excluding carboxylic acids is 1. The van der Waals surface area contributed by atoms with Crippen LogP contribution in [0, 0.1) is 17.3 Å². The molecule has 0 aliphatic carbocycles. The molecule has 32 heavy (non-hydrogen) atoms. The molecule has 3 unspecified atom stereocenters. The van der Waals surface area contributed by atoms with Crippen LogP contribution >= 0.6 is 0 Å². The molecular weight excluding hydrogens is 404 g/mol. The van der Waals surface area contributed by atoms with E-state index >= 15 is 0 Å². The predicted octanol–water partition coefficient (Wildman–Crippen LogP) is 2.79. The van der Waals surface area contributed by atoms with E-state index in [1.165, 1.54) is 25.9 Å². The number of piperidine rings is 1. The number of aromatic nitrogens is 3. The molecular formula is C24H42N6O2. The number of hydrogen-bond acceptors (Lipinski definition) is 6. The second-order valence-corrected chi connectivity index (χ2v) is 11.0. The van der Waals surface area contributed by atoms with Gasteiger partial charge in [-0.25, -0.2) is 0 Å². The van der Waals surface area contributed by atoms with Crippen LogP contribution in [0.15, 0.2) is 0 Å². The average molecular weight is 447 g/mol. The van der Waals surface area contributed by atoms with E-state index in [0.717, 1.165) is 76.4 Å². The maximum Gasteiger partial charge on any atom is 0.289 e. The van der Waals surface area contributed by atoms with Crippen molar-refractivity contribution >= 4 is 11.9 Å². The van der Waals surface area contributed by atoms with Crippen LogP contribution < -0.4 is 10.2 Å². The fraction of sp³-hybridized carbons (Fsp3) is 0.875. The van der Waals surface area contributed by atoms with E-state index in [1.54, 1.807) is 0 Å². The molecule has 1 N–H and O–H groups in total. The molecule has 3 atom stereocenters. The van der Waals surface area contributed by atoms with Gasteiger partial charge in [0.15, 0.2) is 0 Å². The van der Waals surface area contributed by atoms with Crippen LogP contribution in [0.2, 0.25) is 0 Å². The number of rotatable bonds is 7. The van der Waals surface area contributed by atoms with E-state index in [1.807, 2.05) is 13.8 Å². The summed E-state index contributed by atoms with van der Waals surface area (Å²) >= 11 is 0. The Hall–Kier alpha value is -1.67. The molecule has 3 aliphatic rings. The van der Waals surface area contributed by atoms with Crippen molar-refractivity contribution in [1.82, 2.24) is 25.0 Å². The van der Waals surface area contributed by atoms with Crippen molar-refractivity contribution in [2.75, 3.05) is 50.8 Å². The van der Waals surface area contributed by atoms with Gasteiger partial charge in [-0.1, -0.05) is 13.8 Å². The maximum atomic E-state index is 12.9. The minimum Gasteiger partial charge on any atom is -0.381 e. The van der Waals surface area contributed by atoms with E-state index in [-0.39, 0.29) is 17.4 Å². The van der Waals surface area contributed by atoms with Gasteiger partial charge in [0, 0.05) is 50.8 Å². The number of nitrogens with one attached hydrogen (secondary N) is 1. The quantitative estimate of drug-likeness (QED) is 0.694. The molecule has 1 spiro atoms. The zero-order valence-corrected chi connectivity index (χ0v) is 20.5. The third kappa shape index (κ3) is 5.45. The molecule has 0 aromatic carbocycles. The summed E-state index contributed by atoms with van der Waals surface area (Å²) in [5.74, 6) is 2.68. The van der Waals surface area contributed by atoms with Gasteiger partial charge < -0.3 is 19.9 Å². The molecule has 1 aromatic rings. The molecule has 3 saturated heterocycles. The molecule has 3 aliphatic heterocycles. The van der Waals surface area contributed by atoms with Crippen molar-refractivity contribution in [2.45, 2.75) is 72.4 Å². The van der Waals surface area contributed by atoms with Gasteiger partial charge in [0.05, 0.1) is 6.61 Å². The summed E-state index contributed by atoms with van der Waals surface area (Å²) in [7, 11) is 0. The van der Waals surface area contributed by atoms with Gasteiger partial charge in [-0.05, 0) is 64.3 Å². The number of nitrogens with zero attached hydrogens (tertiary/aromatic N) is 5. The number of hydrogen-bond donors (Lipinski definition) is 1. The average Bonchev–Trinajstić information content (AvgIpc) is 3.32. The molecule has 4 rings (SSSR count). The third-order valence-corrected chi connectivity index (χ3v) is 7.28. The third-order valence-electron chi connectivity index (χ3n) is 7.28. The number of carbonyl (C=O) groups is 1. The van der Waals surface area contributed by atoms with Gasteiger partial charge >= 0.3 is 0 Å². The summed E-state index contributed by atoms with van der Waals surface area (Å²) in [6.07, 6.45) is 5.79. The van der Waals surface area contributed by atoms with Crippen LogP contribution in [0.5, 0.6) is 0 Å². The molecule has 180 valence electrons. The highest BCUT2D eigenvalue weighted by Crippen LogP contribution is 2.39. The Morgan fingerprint density at radius 3 is 2.66 bits per heavy atom. The van der Waals surface area contributed by atoms with E-state index in [9.17, 15) is 4.79 Å². The van der Waals surface area contributed by atoms with Crippen molar-refractivity contribution in [3.63, 3.8) is 0 Å². The largest absolute Gasteiger partial charge is 0.381 e. The SMILES string of the molecule is CC1CC(C)CN(CCCn2c(C(=O)NC(C)C)nnc2N2CCC3(CCCOC3)C2)C1. The first-order valence-corrected chi connectivity index (χ1v) is 12.6. The molecule has 8 heteroatoms. The first-order chi connectivity index (χ1) is 15.3. The zero-order valence-electron chi connectivity index (χ0n) is 20.5. The van der Waals surface area contributed by atoms with E-state index in [4.69, 9.17) is 4.74 Å². The first kappa shape index (κ1) is 23.5. The normalized spacial score (nSPS) is 29.2. The summed E-state index contributed by atoms with van der Waals surface area (Å²) in [6.45, 7) is 16.4. The Morgan fingerprint density at radius 1 is 1.19 bits per heavy atom. The molecule has 1 amide bonds. The second-order valence-electron chi connectivity index (χ2n) is 11.0. The van der Waals surface area contributed by atoms with Crippen molar-refractivity contribution in [2.24, 2.45) is 17.3 Å². The maximum absolute atomic E-state index is 12.9. The van der Waals surface area contributed by atoms with Gasteiger partial charge in [0.25, 0.3) is 5.91 Å². The lowest BCUT2D eigenvalue weighted by Crippen LogP contribution is -2.39. The van der Waals surface area contributed by atoms with Crippen molar-refractivity contribution < 1.29 is 9.53 Å². The molecule has 0 bridgehead atoms. The zero-order chi connectivity index (χ0) is 22.7. The van der Waals surface area contributed by atoms with Crippen molar-refractivity contribution in [1.29, 1.82) is 0 Å². The number of ether oxygens (including phenoxy) is 1. The minimum atomic E-state index is -0.131. The van der Waals surface area contributed by atoms with Crippen LogP contribution in [-0.4, -0.2) is 77.6 Å². The minimum absolute atomic E-state index is 0.0712. The fourth-order valence-corrected chi connectivity index (χ4v) is 5.99. The Bertz CT molecular complexity index is 763. The molecule has 3 fully saturated rings. The highest BCUT2D eigenvalue weighted by Gasteiger charge is 2.41. The molecule has 8 nitrogen and oxygen atoms in total. The van der Waals surface area contributed by atoms with Gasteiger partial charge in [-0.15, -0.1) is 10.2 Å². The number of amides is 1. The van der Waals surface area contributed by atoms with Gasteiger partial charge in [0.2, 0.25) is 11.8 Å². The lowest BCUT2D eigenvalue weighted by molar-refractivity contribution is 0.00433. The van der Waals surface area contributed by atoms with Gasteiger partial charge in [-0.2, -0.15) is 0 Å². The summed E-state index contributed by atoms with van der Waals surface area (Å²) in [6, 6.07) is 0.0712. The number of likely N-dealkylation sites (tertiary alicyclic amines) is 1.